The van der Waals surface area contributed by atoms with Crippen LogP contribution < -0.4 is 10.6 Å². The van der Waals surface area contributed by atoms with Crippen molar-refractivity contribution in [1.29, 1.82) is 5.26 Å². The minimum atomic E-state index is -0.160. The van der Waals surface area contributed by atoms with Gasteiger partial charge in [-0.3, -0.25) is 4.79 Å². The van der Waals surface area contributed by atoms with Gasteiger partial charge >= 0.3 is 0 Å². The van der Waals surface area contributed by atoms with Gasteiger partial charge in [0.1, 0.15) is 0 Å². The van der Waals surface area contributed by atoms with Gasteiger partial charge in [0.2, 0.25) is 5.91 Å². The van der Waals surface area contributed by atoms with Crippen LogP contribution >= 0.6 is 23.4 Å². The van der Waals surface area contributed by atoms with Gasteiger partial charge < -0.3 is 10.6 Å². The van der Waals surface area contributed by atoms with Crippen LogP contribution in [-0.2, 0) is 4.79 Å². The zero-order valence-electron chi connectivity index (χ0n) is 12.6. The molecule has 0 aromatic heterocycles. The van der Waals surface area contributed by atoms with Gasteiger partial charge in [-0.2, -0.15) is 5.26 Å². The molecule has 0 saturated heterocycles. The first kappa shape index (κ1) is 17.2. The molecule has 0 aliphatic rings. The minimum Gasteiger partial charge on any atom is -0.376 e. The number of nitrogens with one attached hydrogen (secondary N) is 2. The van der Waals surface area contributed by atoms with E-state index in [4.69, 9.17) is 16.9 Å². The van der Waals surface area contributed by atoms with E-state index in [9.17, 15) is 4.79 Å². The number of nitrogens with zero attached hydrogens (tertiary/aromatic N) is 1. The molecule has 4 nitrogen and oxygen atoms in total. The second kappa shape index (κ2) is 8.47. The van der Waals surface area contributed by atoms with E-state index in [-0.39, 0.29) is 12.5 Å². The minimum absolute atomic E-state index is 0.136. The zero-order chi connectivity index (χ0) is 16.7. The first-order valence-electron chi connectivity index (χ1n) is 6.99. The summed E-state index contributed by atoms with van der Waals surface area (Å²) in [5.41, 5.74) is 2.49. The molecule has 0 unspecified atom stereocenters. The number of hydrogen-bond acceptors (Lipinski definition) is 4. The SMILES string of the molecule is Cc1ccc(NCC(=O)Nc2ccccc2SCC#N)cc1Cl. The molecule has 6 heteroatoms. The number of carbonyl (C=O) groups is 1. The smallest absolute Gasteiger partial charge is 0.243 e. The van der Waals surface area contributed by atoms with Crippen LogP contribution in [0, 0.1) is 18.3 Å². The second-order valence-corrected chi connectivity index (χ2v) is 6.23. The average molecular weight is 346 g/mol. The Labute approximate surface area is 144 Å². The fourth-order valence-electron chi connectivity index (χ4n) is 1.89. The lowest BCUT2D eigenvalue weighted by molar-refractivity contribution is -0.114. The quantitative estimate of drug-likeness (QED) is 0.765. The third kappa shape index (κ3) is 5.20. The highest BCUT2D eigenvalue weighted by molar-refractivity contribution is 7.99. The zero-order valence-corrected chi connectivity index (χ0v) is 14.2. The van der Waals surface area contributed by atoms with Gasteiger partial charge in [-0.1, -0.05) is 29.8 Å². The van der Waals surface area contributed by atoms with E-state index in [2.05, 4.69) is 16.7 Å². The number of para-hydroxylation sites is 1. The molecule has 0 aliphatic heterocycles. The molecule has 23 heavy (non-hydrogen) atoms. The van der Waals surface area contributed by atoms with E-state index in [0.29, 0.717) is 16.5 Å². The maximum absolute atomic E-state index is 12.1. The Bertz CT molecular complexity index is 743. The van der Waals surface area contributed by atoms with Crippen molar-refractivity contribution < 1.29 is 4.79 Å². The number of anilines is 2. The lowest BCUT2D eigenvalue weighted by atomic mass is 10.2. The van der Waals surface area contributed by atoms with E-state index >= 15 is 0 Å². The Morgan fingerprint density at radius 3 is 2.83 bits per heavy atom. The number of nitriles is 1. The van der Waals surface area contributed by atoms with Crippen LogP contribution in [-0.4, -0.2) is 18.2 Å². The highest BCUT2D eigenvalue weighted by Gasteiger charge is 2.07. The number of thioether (sulfide) groups is 1. The average Bonchev–Trinajstić information content (AvgIpc) is 2.55. The summed E-state index contributed by atoms with van der Waals surface area (Å²) in [6.07, 6.45) is 0. The molecule has 0 heterocycles. The lowest BCUT2D eigenvalue weighted by Crippen LogP contribution is -2.22. The first-order valence-corrected chi connectivity index (χ1v) is 8.35. The molecule has 0 bridgehead atoms. The maximum atomic E-state index is 12.1. The maximum Gasteiger partial charge on any atom is 0.243 e. The number of benzene rings is 2. The summed E-state index contributed by atoms with van der Waals surface area (Å²) in [5.74, 6) is 0.180. The van der Waals surface area contributed by atoms with Crippen LogP contribution in [0.1, 0.15) is 5.56 Å². The fourth-order valence-corrected chi connectivity index (χ4v) is 2.74. The highest BCUT2D eigenvalue weighted by Crippen LogP contribution is 2.26. The lowest BCUT2D eigenvalue weighted by Gasteiger charge is -2.11. The first-order chi connectivity index (χ1) is 11.1. The van der Waals surface area contributed by atoms with E-state index in [1.165, 1.54) is 11.8 Å². The van der Waals surface area contributed by atoms with Gasteiger partial charge in [-0.05, 0) is 36.8 Å². The van der Waals surface area contributed by atoms with Crippen LogP contribution in [0.25, 0.3) is 0 Å². The van der Waals surface area contributed by atoms with Gasteiger partial charge in [-0.25, -0.2) is 0 Å². The summed E-state index contributed by atoms with van der Waals surface area (Å²) in [6, 6.07) is 15.1. The van der Waals surface area contributed by atoms with Crippen molar-refractivity contribution in [2.24, 2.45) is 0 Å². The molecule has 2 aromatic rings. The summed E-state index contributed by atoms with van der Waals surface area (Å²) >= 11 is 7.45. The normalized spacial score (nSPS) is 9.96. The molecule has 118 valence electrons. The summed E-state index contributed by atoms with van der Waals surface area (Å²) in [6.45, 7) is 2.06. The standard InChI is InChI=1S/C17H16ClN3OS/c1-12-6-7-13(10-14(12)18)20-11-17(22)21-15-4-2-3-5-16(15)23-9-8-19/h2-7,10,20H,9,11H2,1H3,(H,21,22). The number of carbonyl (C=O) groups excluding carboxylic acids is 1. The number of rotatable bonds is 6. The molecular formula is C17H16ClN3OS. The van der Waals surface area contributed by atoms with Gasteiger partial charge in [0.05, 0.1) is 24.1 Å². The van der Waals surface area contributed by atoms with Crippen molar-refractivity contribution in [2.75, 3.05) is 22.9 Å². The molecule has 0 fully saturated rings. The molecule has 0 aliphatic carbocycles. The Morgan fingerprint density at radius 1 is 1.30 bits per heavy atom. The van der Waals surface area contributed by atoms with Gasteiger partial charge in [0.25, 0.3) is 0 Å². The largest absolute Gasteiger partial charge is 0.376 e. The van der Waals surface area contributed by atoms with Crippen molar-refractivity contribution in [3.63, 3.8) is 0 Å². The molecule has 2 aromatic carbocycles. The highest BCUT2D eigenvalue weighted by atomic mass is 35.5. The number of hydrogen-bond donors (Lipinski definition) is 2. The topological polar surface area (TPSA) is 64.9 Å². The Kier molecular flexibility index (Phi) is 6.33. The van der Waals surface area contributed by atoms with Crippen LogP contribution in [0.15, 0.2) is 47.4 Å². The van der Waals surface area contributed by atoms with Crippen LogP contribution in [0.4, 0.5) is 11.4 Å². The van der Waals surface area contributed by atoms with E-state index in [1.54, 1.807) is 6.07 Å². The molecule has 0 atom stereocenters. The third-order valence-electron chi connectivity index (χ3n) is 3.08. The predicted molar refractivity (Wildman–Crippen MR) is 96.1 cm³/mol. The van der Waals surface area contributed by atoms with Crippen molar-refractivity contribution in [2.45, 2.75) is 11.8 Å². The van der Waals surface area contributed by atoms with Crippen molar-refractivity contribution in [3.8, 4) is 6.07 Å². The summed E-state index contributed by atoms with van der Waals surface area (Å²) in [5, 5.41) is 15.2. The van der Waals surface area contributed by atoms with Crippen LogP contribution in [0.2, 0.25) is 5.02 Å². The van der Waals surface area contributed by atoms with E-state index < -0.39 is 0 Å². The fraction of sp³-hybridized carbons (Fsp3) is 0.176. The van der Waals surface area contributed by atoms with Crippen molar-refractivity contribution >= 4 is 40.6 Å². The number of halogens is 1. The van der Waals surface area contributed by atoms with E-state index in [0.717, 1.165) is 16.1 Å². The number of aryl methyl sites for hydroxylation is 1. The van der Waals surface area contributed by atoms with Crippen molar-refractivity contribution in [1.82, 2.24) is 0 Å². The molecule has 0 radical (unpaired) electrons. The van der Waals surface area contributed by atoms with E-state index in [1.807, 2.05) is 43.3 Å². The molecule has 2 N–H and O–H groups in total. The molecule has 2 rings (SSSR count). The van der Waals surface area contributed by atoms with Gasteiger partial charge in [-0.15, -0.1) is 11.8 Å². The summed E-state index contributed by atoms with van der Waals surface area (Å²) < 4.78 is 0. The Morgan fingerprint density at radius 2 is 2.09 bits per heavy atom. The molecular weight excluding hydrogens is 330 g/mol. The van der Waals surface area contributed by atoms with Crippen LogP contribution in [0.5, 0.6) is 0 Å². The Balaban J connectivity index is 1.94. The van der Waals surface area contributed by atoms with Crippen LogP contribution in [0.3, 0.4) is 0 Å². The van der Waals surface area contributed by atoms with Crippen molar-refractivity contribution in [3.05, 3.63) is 53.1 Å². The second-order valence-electron chi connectivity index (χ2n) is 4.81. The third-order valence-corrected chi connectivity index (χ3v) is 4.43. The molecule has 0 saturated carbocycles. The predicted octanol–water partition coefficient (Wildman–Crippen LogP) is 4.31. The monoisotopic (exact) mass is 345 g/mol. The number of amides is 1. The summed E-state index contributed by atoms with van der Waals surface area (Å²) in [7, 11) is 0. The molecule has 0 spiro atoms. The van der Waals surface area contributed by atoms with Gasteiger partial charge in [0, 0.05) is 15.6 Å². The van der Waals surface area contributed by atoms with Gasteiger partial charge in [0.15, 0.2) is 0 Å². The molecule has 1 amide bonds. The summed E-state index contributed by atoms with van der Waals surface area (Å²) in [4.78, 5) is 13.0. The Hall–Kier alpha value is -2.16.